The van der Waals surface area contributed by atoms with Crippen LogP contribution >= 0.6 is 0 Å². The molecule has 0 aliphatic heterocycles. The van der Waals surface area contributed by atoms with Gasteiger partial charge >= 0.3 is 23.9 Å². The van der Waals surface area contributed by atoms with Gasteiger partial charge in [0.1, 0.15) is 24.4 Å². The molecule has 8 nitrogen and oxygen atoms in total. The smallest absolute Gasteiger partial charge is 0.325 e. The number of carbonyl (C=O) groups is 4. The number of carbonyl (C=O) groups excluding carboxylic acids is 4. The monoisotopic (exact) mass is 588 g/mol. The van der Waals surface area contributed by atoms with Gasteiger partial charge in [0.2, 0.25) is 0 Å². The number of hydrogen-bond acceptors (Lipinski definition) is 8. The zero-order chi connectivity index (χ0) is 29.4. The van der Waals surface area contributed by atoms with Crippen molar-refractivity contribution in [1.82, 2.24) is 0 Å². The van der Waals surface area contributed by atoms with Crippen LogP contribution in [0.4, 0.5) is 0 Å². The molecule has 5 aliphatic carbocycles. The second-order valence-corrected chi connectivity index (χ2v) is 13.7. The molecular weight excluding hydrogens is 536 g/mol. The van der Waals surface area contributed by atoms with Gasteiger partial charge in [0.15, 0.2) is 10.8 Å². The van der Waals surface area contributed by atoms with E-state index in [4.69, 9.17) is 18.9 Å². The Kier molecular flexibility index (Phi) is 10.9. The van der Waals surface area contributed by atoms with Gasteiger partial charge in [0, 0.05) is 0 Å². The highest BCUT2D eigenvalue weighted by molar-refractivity contribution is 6.15. The van der Waals surface area contributed by atoms with Crippen LogP contribution in [0.2, 0.25) is 0 Å². The van der Waals surface area contributed by atoms with Gasteiger partial charge in [0.05, 0.1) is 0 Å². The van der Waals surface area contributed by atoms with Crippen LogP contribution in [0.3, 0.4) is 0 Å². The minimum Gasteiger partial charge on any atom is -0.461 e. The quantitative estimate of drug-likeness (QED) is 0.169. The normalized spacial score (nSPS) is 26.1. The molecule has 0 aromatic rings. The number of esters is 4. The van der Waals surface area contributed by atoms with Crippen LogP contribution in [0, 0.1) is 10.8 Å². The fourth-order valence-electron chi connectivity index (χ4n) is 8.22. The Bertz CT molecular complexity index is 795. The third kappa shape index (κ3) is 6.67. The first-order chi connectivity index (χ1) is 20.5. The lowest BCUT2D eigenvalue weighted by molar-refractivity contribution is -0.217. The van der Waals surface area contributed by atoms with E-state index < -0.39 is 34.7 Å². The fraction of sp³-hybridized carbons (Fsp3) is 0.882. The standard InChI is InChI=1S/C34H52O8/c35-29(39-25-15-5-1-6-16-25)33(30(36)40-26-17-7-2-8-18-26)23-13-14-24-34(33,31(37)41-27-19-9-3-10-20-27)32(38)42-28-21-11-4-12-22-28/h25-28H,1-24H2. The maximum Gasteiger partial charge on any atom is 0.325 e. The van der Waals surface area contributed by atoms with Gasteiger partial charge in [-0.3, -0.25) is 19.2 Å². The molecule has 0 aromatic heterocycles. The summed E-state index contributed by atoms with van der Waals surface area (Å²) in [5.41, 5.74) is -4.23. The van der Waals surface area contributed by atoms with Gasteiger partial charge in [-0.1, -0.05) is 38.5 Å². The van der Waals surface area contributed by atoms with Gasteiger partial charge in [-0.05, 0) is 116 Å². The van der Waals surface area contributed by atoms with Crippen molar-refractivity contribution in [2.24, 2.45) is 10.8 Å². The van der Waals surface area contributed by atoms with Crippen LogP contribution in [0.5, 0.6) is 0 Å². The predicted molar refractivity (Wildman–Crippen MR) is 155 cm³/mol. The summed E-state index contributed by atoms with van der Waals surface area (Å²) in [6.07, 6.45) is 17.2. The Labute approximate surface area is 251 Å². The summed E-state index contributed by atoms with van der Waals surface area (Å²) < 4.78 is 24.5. The minimum atomic E-state index is -2.11. The van der Waals surface area contributed by atoms with Crippen LogP contribution in [-0.4, -0.2) is 48.3 Å². The molecule has 5 rings (SSSR count). The molecular formula is C34H52O8. The third-order valence-electron chi connectivity index (χ3n) is 10.8. The number of hydrogen-bond donors (Lipinski definition) is 0. The zero-order valence-electron chi connectivity index (χ0n) is 25.5. The summed E-state index contributed by atoms with van der Waals surface area (Å²) in [6.45, 7) is 0. The van der Waals surface area contributed by atoms with E-state index in [-0.39, 0.29) is 37.3 Å². The van der Waals surface area contributed by atoms with Crippen LogP contribution in [0.1, 0.15) is 154 Å². The molecule has 0 heterocycles. The van der Waals surface area contributed by atoms with E-state index in [9.17, 15) is 19.2 Å². The van der Waals surface area contributed by atoms with E-state index in [1.807, 2.05) is 0 Å². The second kappa shape index (κ2) is 14.6. The molecule has 0 spiro atoms. The summed E-state index contributed by atoms with van der Waals surface area (Å²) in [4.78, 5) is 58.2. The molecule has 0 atom stereocenters. The molecule has 8 heteroatoms. The van der Waals surface area contributed by atoms with E-state index in [1.54, 1.807) is 0 Å². The topological polar surface area (TPSA) is 105 Å². The van der Waals surface area contributed by atoms with E-state index in [0.29, 0.717) is 64.2 Å². The molecule has 0 amide bonds. The Balaban J connectivity index is 1.54. The Morgan fingerprint density at radius 1 is 0.333 bits per heavy atom. The lowest BCUT2D eigenvalue weighted by atomic mass is 9.55. The van der Waals surface area contributed by atoms with Crippen molar-refractivity contribution >= 4 is 23.9 Å². The van der Waals surface area contributed by atoms with Crippen LogP contribution in [0.15, 0.2) is 0 Å². The van der Waals surface area contributed by atoms with Crippen molar-refractivity contribution in [3.05, 3.63) is 0 Å². The van der Waals surface area contributed by atoms with E-state index in [0.717, 1.165) is 77.0 Å². The van der Waals surface area contributed by atoms with Gasteiger partial charge in [0.25, 0.3) is 0 Å². The summed E-state index contributed by atoms with van der Waals surface area (Å²) in [5.74, 6) is -3.18. The second-order valence-electron chi connectivity index (χ2n) is 13.7. The molecule has 0 bridgehead atoms. The molecule has 5 saturated carbocycles. The van der Waals surface area contributed by atoms with E-state index in [1.165, 1.54) is 0 Å². The molecule has 0 saturated heterocycles. The van der Waals surface area contributed by atoms with Crippen molar-refractivity contribution in [2.75, 3.05) is 0 Å². The summed E-state index contributed by atoms with van der Waals surface area (Å²) >= 11 is 0. The molecule has 0 radical (unpaired) electrons. The lowest BCUT2D eigenvalue weighted by Gasteiger charge is -2.47. The van der Waals surface area contributed by atoms with E-state index in [2.05, 4.69) is 0 Å². The molecule has 0 N–H and O–H groups in total. The maximum absolute atomic E-state index is 14.5. The summed E-state index contributed by atoms with van der Waals surface area (Å²) in [5, 5.41) is 0. The minimum absolute atomic E-state index is 0.0175. The molecule has 5 fully saturated rings. The SMILES string of the molecule is O=C(OC1CCCCC1)C1(C(=O)OC2CCCCC2)CCCCC1(C(=O)OC1CCCCC1)C(=O)OC1CCCCC1. The van der Waals surface area contributed by atoms with Crippen LogP contribution in [-0.2, 0) is 38.1 Å². The first kappa shape index (κ1) is 31.3. The lowest BCUT2D eigenvalue weighted by Crippen LogP contribution is -2.65. The Hall–Kier alpha value is -2.12. The largest absolute Gasteiger partial charge is 0.461 e. The molecule has 5 aliphatic rings. The average Bonchev–Trinajstić information content (AvgIpc) is 3.02. The molecule has 236 valence electrons. The average molecular weight is 589 g/mol. The van der Waals surface area contributed by atoms with Crippen molar-refractivity contribution in [2.45, 2.75) is 179 Å². The van der Waals surface area contributed by atoms with Gasteiger partial charge in [-0.2, -0.15) is 0 Å². The molecule has 42 heavy (non-hydrogen) atoms. The fourth-order valence-corrected chi connectivity index (χ4v) is 8.22. The number of ether oxygens (including phenoxy) is 4. The Morgan fingerprint density at radius 3 is 0.762 bits per heavy atom. The highest BCUT2D eigenvalue weighted by Crippen LogP contribution is 2.55. The Morgan fingerprint density at radius 2 is 0.548 bits per heavy atom. The molecule has 0 aromatic carbocycles. The van der Waals surface area contributed by atoms with Crippen molar-refractivity contribution in [3.63, 3.8) is 0 Å². The van der Waals surface area contributed by atoms with Gasteiger partial charge < -0.3 is 18.9 Å². The number of rotatable bonds is 8. The van der Waals surface area contributed by atoms with Gasteiger partial charge in [-0.25, -0.2) is 0 Å². The third-order valence-corrected chi connectivity index (χ3v) is 10.8. The predicted octanol–water partition coefficient (Wildman–Crippen LogP) is 7.04. The summed E-state index contributed by atoms with van der Waals surface area (Å²) in [7, 11) is 0. The van der Waals surface area contributed by atoms with E-state index >= 15 is 0 Å². The maximum atomic E-state index is 14.5. The summed E-state index contributed by atoms with van der Waals surface area (Å²) in [6, 6.07) is 0. The molecule has 0 unspecified atom stereocenters. The first-order valence-electron chi connectivity index (χ1n) is 17.3. The highest BCUT2D eigenvalue weighted by Gasteiger charge is 2.74. The first-order valence-corrected chi connectivity index (χ1v) is 17.3. The highest BCUT2D eigenvalue weighted by atomic mass is 16.6. The zero-order valence-corrected chi connectivity index (χ0v) is 25.5. The van der Waals surface area contributed by atoms with Crippen molar-refractivity contribution in [3.8, 4) is 0 Å². The van der Waals surface area contributed by atoms with Crippen molar-refractivity contribution in [1.29, 1.82) is 0 Å². The van der Waals surface area contributed by atoms with Gasteiger partial charge in [-0.15, -0.1) is 0 Å². The van der Waals surface area contributed by atoms with Crippen LogP contribution in [0.25, 0.3) is 0 Å². The van der Waals surface area contributed by atoms with Crippen LogP contribution < -0.4 is 0 Å². The van der Waals surface area contributed by atoms with Crippen molar-refractivity contribution < 1.29 is 38.1 Å².